The summed E-state index contributed by atoms with van der Waals surface area (Å²) < 4.78 is 0. The molecule has 2 heteroatoms. The third-order valence-electron chi connectivity index (χ3n) is 4.01. The first-order valence-electron chi connectivity index (χ1n) is 6.59. The van der Waals surface area contributed by atoms with Crippen molar-refractivity contribution in [3.8, 4) is 0 Å². The van der Waals surface area contributed by atoms with Crippen molar-refractivity contribution < 1.29 is 0 Å². The molecule has 0 spiro atoms. The number of hydrogen-bond acceptors (Lipinski definition) is 2. The molecular weight excluding hydrogens is 196 g/mol. The molecule has 1 saturated carbocycles. The molecule has 1 heterocycles. The SMILES string of the molecule is CN1C=CC=C([C@@H]2CCCC[C@H]2CCN)C1. The molecule has 0 saturated heterocycles. The van der Waals surface area contributed by atoms with Crippen LogP contribution in [0.4, 0.5) is 0 Å². The molecular formula is C14H24N2. The lowest BCUT2D eigenvalue weighted by atomic mass is 9.73. The highest BCUT2D eigenvalue weighted by Crippen LogP contribution is 2.37. The molecule has 1 fully saturated rings. The number of hydrogen-bond donors (Lipinski definition) is 1. The minimum absolute atomic E-state index is 0.796. The average molecular weight is 220 g/mol. The van der Waals surface area contributed by atoms with Crippen LogP contribution in [-0.2, 0) is 0 Å². The van der Waals surface area contributed by atoms with Gasteiger partial charge in [0.2, 0.25) is 0 Å². The zero-order valence-electron chi connectivity index (χ0n) is 10.4. The lowest BCUT2D eigenvalue weighted by Crippen LogP contribution is -2.29. The van der Waals surface area contributed by atoms with E-state index in [0.717, 1.165) is 24.9 Å². The van der Waals surface area contributed by atoms with Crippen LogP contribution >= 0.6 is 0 Å². The van der Waals surface area contributed by atoms with Gasteiger partial charge in [-0.3, -0.25) is 0 Å². The Morgan fingerprint density at radius 3 is 2.94 bits per heavy atom. The fourth-order valence-electron chi connectivity index (χ4n) is 3.20. The van der Waals surface area contributed by atoms with E-state index in [9.17, 15) is 0 Å². The van der Waals surface area contributed by atoms with Gasteiger partial charge in [-0.15, -0.1) is 0 Å². The summed E-state index contributed by atoms with van der Waals surface area (Å²) in [5.41, 5.74) is 7.36. The van der Waals surface area contributed by atoms with Crippen LogP contribution in [0.15, 0.2) is 23.9 Å². The summed E-state index contributed by atoms with van der Waals surface area (Å²) in [6.45, 7) is 1.96. The van der Waals surface area contributed by atoms with E-state index in [1.165, 1.54) is 32.1 Å². The standard InChI is InChI=1S/C14H24N2/c1-16-10-4-6-13(11-16)14-7-3-2-5-12(14)8-9-15/h4,6,10,12,14H,2-3,5,7-9,11,15H2,1H3/t12-,14+/m0/s1. The zero-order valence-corrected chi connectivity index (χ0v) is 10.4. The minimum atomic E-state index is 0.796. The van der Waals surface area contributed by atoms with Gasteiger partial charge in [0.1, 0.15) is 0 Å². The quantitative estimate of drug-likeness (QED) is 0.792. The second-order valence-electron chi connectivity index (χ2n) is 5.23. The van der Waals surface area contributed by atoms with E-state index in [1.807, 2.05) is 0 Å². The first-order chi connectivity index (χ1) is 7.81. The molecule has 1 aliphatic carbocycles. The van der Waals surface area contributed by atoms with Gasteiger partial charge in [0, 0.05) is 13.6 Å². The van der Waals surface area contributed by atoms with Crippen LogP contribution in [0.2, 0.25) is 0 Å². The Labute approximate surface area is 99.2 Å². The van der Waals surface area contributed by atoms with Gasteiger partial charge in [0.05, 0.1) is 0 Å². The Morgan fingerprint density at radius 2 is 2.19 bits per heavy atom. The number of nitrogens with two attached hydrogens (primary N) is 1. The molecule has 2 rings (SSSR count). The van der Waals surface area contributed by atoms with Gasteiger partial charge >= 0.3 is 0 Å². The van der Waals surface area contributed by atoms with Crippen molar-refractivity contribution in [2.24, 2.45) is 17.6 Å². The van der Waals surface area contributed by atoms with E-state index in [4.69, 9.17) is 5.73 Å². The fourth-order valence-corrected chi connectivity index (χ4v) is 3.20. The van der Waals surface area contributed by atoms with Crippen LogP contribution in [0.25, 0.3) is 0 Å². The first kappa shape index (κ1) is 11.7. The number of allylic oxidation sites excluding steroid dienone is 2. The molecule has 2 aliphatic rings. The lowest BCUT2D eigenvalue weighted by Gasteiger charge is -2.35. The molecule has 2 nitrogen and oxygen atoms in total. The Balaban J connectivity index is 2.05. The fraction of sp³-hybridized carbons (Fsp3) is 0.714. The molecule has 0 aromatic carbocycles. The molecule has 0 amide bonds. The summed E-state index contributed by atoms with van der Waals surface area (Å²) in [5.74, 6) is 1.63. The second kappa shape index (κ2) is 5.53. The number of nitrogens with zero attached hydrogens (tertiary/aromatic N) is 1. The summed E-state index contributed by atoms with van der Waals surface area (Å²) in [4.78, 5) is 2.28. The van der Waals surface area contributed by atoms with Crippen molar-refractivity contribution in [2.45, 2.75) is 32.1 Å². The Bertz CT molecular complexity index is 278. The monoisotopic (exact) mass is 220 g/mol. The average Bonchev–Trinajstić information content (AvgIpc) is 2.30. The molecule has 90 valence electrons. The van der Waals surface area contributed by atoms with Gasteiger partial charge < -0.3 is 10.6 Å². The third-order valence-corrected chi connectivity index (χ3v) is 4.01. The summed E-state index contributed by atoms with van der Waals surface area (Å²) in [7, 11) is 2.16. The number of likely N-dealkylation sites (N-methyl/N-ethyl adjacent to an activating group) is 1. The molecule has 16 heavy (non-hydrogen) atoms. The van der Waals surface area contributed by atoms with E-state index in [2.05, 4.69) is 30.3 Å². The van der Waals surface area contributed by atoms with Crippen molar-refractivity contribution >= 4 is 0 Å². The predicted molar refractivity (Wildman–Crippen MR) is 69.0 cm³/mol. The predicted octanol–water partition coefficient (Wildman–Crippen LogP) is 2.53. The van der Waals surface area contributed by atoms with E-state index in [1.54, 1.807) is 5.57 Å². The van der Waals surface area contributed by atoms with Crippen LogP contribution in [-0.4, -0.2) is 25.0 Å². The van der Waals surface area contributed by atoms with E-state index in [0.29, 0.717) is 0 Å². The molecule has 1 aliphatic heterocycles. The number of rotatable bonds is 3. The van der Waals surface area contributed by atoms with Gasteiger partial charge in [0.25, 0.3) is 0 Å². The van der Waals surface area contributed by atoms with Crippen LogP contribution < -0.4 is 5.73 Å². The van der Waals surface area contributed by atoms with Crippen LogP contribution in [0.3, 0.4) is 0 Å². The Morgan fingerprint density at radius 1 is 1.38 bits per heavy atom. The third kappa shape index (κ3) is 2.67. The van der Waals surface area contributed by atoms with Crippen molar-refractivity contribution in [3.63, 3.8) is 0 Å². The van der Waals surface area contributed by atoms with Gasteiger partial charge in [-0.1, -0.05) is 18.9 Å². The maximum Gasteiger partial charge on any atom is 0.0386 e. The Hall–Kier alpha value is -0.760. The summed E-state index contributed by atoms with van der Waals surface area (Å²) >= 11 is 0. The molecule has 0 unspecified atom stereocenters. The van der Waals surface area contributed by atoms with E-state index < -0.39 is 0 Å². The highest BCUT2D eigenvalue weighted by Gasteiger charge is 2.27. The highest BCUT2D eigenvalue weighted by atomic mass is 15.1. The molecule has 0 aromatic rings. The van der Waals surface area contributed by atoms with Crippen molar-refractivity contribution in [1.82, 2.24) is 4.90 Å². The van der Waals surface area contributed by atoms with Crippen LogP contribution in [0.5, 0.6) is 0 Å². The molecule has 0 bridgehead atoms. The zero-order chi connectivity index (χ0) is 11.4. The Kier molecular flexibility index (Phi) is 4.05. The van der Waals surface area contributed by atoms with E-state index in [-0.39, 0.29) is 0 Å². The van der Waals surface area contributed by atoms with Crippen molar-refractivity contribution in [1.29, 1.82) is 0 Å². The van der Waals surface area contributed by atoms with Crippen LogP contribution in [0, 0.1) is 11.8 Å². The topological polar surface area (TPSA) is 29.3 Å². The van der Waals surface area contributed by atoms with Crippen LogP contribution in [0.1, 0.15) is 32.1 Å². The van der Waals surface area contributed by atoms with Crippen molar-refractivity contribution in [2.75, 3.05) is 20.1 Å². The summed E-state index contributed by atoms with van der Waals surface area (Å²) in [5, 5.41) is 0. The summed E-state index contributed by atoms with van der Waals surface area (Å²) in [6.07, 6.45) is 13.4. The van der Waals surface area contributed by atoms with Gasteiger partial charge in [-0.25, -0.2) is 0 Å². The maximum atomic E-state index is 5.73. The largest absolute Gasteiger partial charge is 0.376 e. The molecule has 2 N–H and O–H groups in total. The highest BCUT2D eigenvalue weighted by molar-refractivity contribution is 5.22. The van der Waals surface area contributed by atoms with Crippen molar-refractivity contribution in [3.05, 3.63) is 23.9 Å². The van der Waals surface area contributed by atoms with Gasteiger partial charge in [-0.2, -0.15) is 0 Å². The normalized spacial score (nSPS) is 30.4. The van der Waals surface area contributed by atoms with E-state index >= 15 is 0 Å². The minimum Gasteiger partial charge on any atom is -0.376 e. The lowest BCUT2D eigenvalue weighted by molar-refractivity contribution is 0.248. The first-order valence-corrected chi connectivity index (χ1v) is 6.59. The van der Waals surface area contributed by atoms with Gasteiger partial charge in [-0.05, 0) is 55.5 Å². The second-order valence-corrected chi connectivity index (χ2v) is 5.23. The molecule has 0 aromatic heterocycles. The smallest absolute Gasteiger partial charge is 0.0386 e. The molecule has 2 atom stereocenters. The molecule has 0 radical (unpaired) electrons. The van der Waals surface area contributed by atoms with Gasteiger partial charge in [0.15, 0.2) is 0 Å². The maximum absolute atomic E-state index is 5.73. The summed E-state index contributed by atoms with van der Waals surface area (Å²) in [6, 6.07) is 0.